The van der Waals surface area contributed by atoms with Gasteiger partial charge in [0.15, 0.2) is 0 Å². The van der Waals surface area contributed by atoms with E-state index in [1.807, 2.05) is 31.2 Å². The molecule has 0 aliphatic heterocycles. The first-order valence-corrected chi connectivity index (χ1v) is 12.7. The molecule has 2 aromatic carbocycles. The molecule has 0 bridgehead atoms. The molecule has 0 unspecified atom stereocenters. The summed E-state index contributed by atoms with van der Waals surface area (Å²) in [5.41, 5.74) is 2.01. The second kappa shape index (κ2) is 11.7. The van der Waals surface area contributed by atoms with Crippen LogP contribution in [-0.2, 0) is 26.2 Å². The van der Waals surface area contributed by atoms with E-state index in [0.29, 0.717) is 12.3 Å². The highest BCUT2D eigenvalue weighted by Crippen LogP contribution is 2.33. The summed E-state index contributed by atoms with van der Waals surface area (Å²) in [4.78, 5) is 27.5. The fourth-order valence-electron chi connectivity index (χ4n) is 3.46. The van der Waals surface area contributed by atoms with E-state index in [4.69, 9.17) is 9.47 Å². The molecule has 1 N–H and O–H groups in total. The Bertz CT molecular complexity index is 1120. The van der Waals surface area contributed by atoms with Crippen molar-refractivity contribution in [2.24, 2.45) is 0 Å². The molecule has 0 fully saturated rings. The van der Waals surface area contributed by atoms with Crippen LogP contribution >= 0.6 is 0 Å². The van der Waals surface area contributed by atoms with Gasteiger partial charge in [0.05, 0.1) is 26.2 Å². The SMILES string of the molecule is CCNC(=O)[C@H](C)N(Cc1ccccc1C)C(=O)CN(c1ccc(OC)cc1OC)S(C)(=O)=O. The maximum Gasteiger partial charge on any atom is 0.244 e. The van der Waals surface area contributed by atoms with Gasteiger partial charge in [-0.1, -0.05) is 24.3 Å². The summed E-state index contributed by atoms with van der Waals surface area (Å²) in [6, 6.07) is 11.4. The summed E-state index contributed by atoms with van der Waals surface area (Å²) in [5.74, 6) is -0.131. The first kappa shape index (κ1) is 27.0. The van der Waals surface area contributed by atoms with Gasteiger partial charge in [0, 0.05) is 19.2 Å². The molecule has 0 saturated carbocycles. The van der Waals surface area contributed by atoms with Gasteiger partial charge < -0.3 is 19.7 Å². The molecule has 0 aromatic heterocycles. The smallest absolute Gasteiger partial charge is 0.244 e. The van der Waals surface area contributed by atoms with Gasteiger partial charge in [-0.25, -0.2) is 8.42 Å². The number of anilines is 1. The first-order valence-electron chi connectivity index (χ1n) is 10.8. The number of hydrogen-bond acceptors (Lipinski definition) is 6. The van der Waals surface area contributed by atoms with E-state index in [1.54, 1.807) is 26.0 Å². The molecule has 0 spiro atoms. The molecule has 2 rings (SSSR count). The van der Waals surface area contributed by atoms with Crippen LogP contribution in [0.15, 0.2) is 42.5 Å². The Morgan fingerprint density at radius 1 is 1.09 bits per heavy atom. The van der Waals surface area contributed by atoms with Crippen molar-refractivity contribution in [3.05, 3.63) is 53.6 Å². The lowest BCUT2D eigenvalue weighted by Gasteiger charge is -2.32. The zero-order valence-electron chi connectivity index (χ0n) is 20.5. The number of likely N-dealkylation sites (N-methyl/N-ethyl adjacent to an activating group) is 1. The van der Waals surface area contributed by atoms with Crippen LogP contribution in [0.25, 0.3) is 0 Å². The zero-order valence-corrected chi connectivity index (χ0v) is 21.3. The minimum Gasteiger partial charge on any atom is -0.497 e. The number of methoxy groups -OCH3 is 2. The fraction of sp³-hybridized carbons (Fsp3) is 0.417. The number of rotatable bonds is 11. The molecule has 2 amide bonds. The van der Waals surface area contributed by atoms with Gasteiger partial charge in [-0.2, -0.15) is 0 Å². The standard InChI is InChI=1S/C24H33N3O6S/c1-7-25-24(29)18(3)26(15-19-11-9-8-10-17(19)2)23(28)16-27(34(6,30)31)21-13-12-20(32-4)14-22(21)33-5/h8-14,18H,7,15-16H2,1-6H3,(H,25,29)/t18-/m0/s1. The molecule has 186 valence electrons. The van der Waals surface area contributed by atoms with E-state index in [0.717, 1.165) is 21.7 Å². The third kappa shape index (κ3) is 6.63. The molecule has 0 aliphatic carbocycles. The van der Waals surface area contributed by atoms with Gasteiger partial charge in [0.1, 0.15) is 24.1 Å². The van der Waals surface area contributed by atoms with Crippen molar-refractivity contribution in [3.63, 3.8) is 0 Å². The van der Waals surface area contributed by atoms with Crippen molar-refractivity contribution >= 4 is 27.5 Å². The second-order valence-electron chi connectivity index (χ2n) is 7.83. The van der Waals surface area contributed by atoms with Gasteiger partial charge in [0.2, 0.25) is 21.8 Å². The van der Waals surface area contributed by atoms with Crippen LogP contribution in [0.2, 0.25) is 0 Å². The normalized spacial score (nSPS) is 11.9. The van der Waals surface area contributed by atoms with Gasteiger partial charge in [-0.3, -0.25) is 13.9 Å². The summed E-state index contributed by atoms with van der Waals surface area (Å²) in [6.45, 7) is 5.39. The highest BCUT2D eigenvalue weighted by Gasteiger charge is 2.31. The average Bonchev–Trinajstić information content (AvgIpc) is 2.80. The van der Waals surface area contributed by atoms with Crippen molar-refractivity contribution in [2.75, 3.05) is 37.9 Å². The predicted molar refractivity (Wildman–Crippen MR) is 132 cm³/mol. The maximum atomic E-state index is 13.5. The predicted octanol–water partition coefficient (Wildman–Crippen LogP) is 2.33. The Labute approximate surface area is 201 Å². The number of carbonyl (C=O) groups is 2. The van der Waals surface area contributed by atoms with E-state index in [9.17, 15) is 18.0 Å². The van der Waals surface area contributed by atoms with Gasteiger partial charge in [0.25, 0.3) is 0 Å². The van der Waals surface area contributed by atoms with Gasteiger partial charge in [-0.05, 0) is 44.0 Å². The largest absolute Gasteiger partial charge is 0.497 e. The molecule has 0 heterocycles. The molecular formula is C24H33N3O6S. The van der Waals surface area contributed by atoms with E-state index in [1.165, 1.54) is 25.2 Å². The van der Waals surface area contributed by atoms with Crippen molar-refractivity contribution in [2.45, 2.75) is 33.4 Å². The summed E-state index contributed by atoms with van der Waals surface area (Å²) in [5, 5.41) is 2.73. The highest BCUT2D eigenvalue weighted by molar-refractivity contribution is 7.92. The number of sulfonamides is 1. The van der Waals surface area contributed by atoms with Crippen LogP contribution in [0.5, 0.6) is 11.5 Å². The first-order chi connectivity index (χ1) is 16.0. The van der Waals surface area contributed by atoms with Crippen LogP contribution in [-0.4, -0.2) is 64.7 Å². The summed E-state index contributed by atoms with van der Waals surface area (Å²) in [6.07, 6.45) is 1.02. The third-order valence-corrected chi connectivity index (χ3v) is 6.58. The molecule has 1 atom stereocenters. The Hall–Kier alpha value is -3.27. The number of amides is 2. The Balaban J connectivity index is 2.47. The summed E-state index contributed by atoms with van der Waals surface area (Å²) in [7, 11) is -0.982. The lowest BCUT2D eigenvalue weighted by Crippen LogP contribution is -2.51. The fourth-order valence-corrected chi connectivity index (χ4v) is 4.31. The number of nitrogens with one attached hydrogen (secondary N) is 1. The van der Waals surface area contributed by atoms with E-state index < -0.39 is 28.5 Å². The highest BCUT2D eigenvalue weighted by atomic mass is 32.2. The minimum atomic E-state index is -3.87. The van der Waals surface area contributed by atoms with Crippen LogP contribution in [0.1, 0.15) is 25.0 Å². The number of hydrogen-bond donors (Lipinski definition) is 1. The minimum absolute atomic E-state index is 0.154. The van der Waals surface area contributed by atoms with E-state index >= 15 is 0 Å². The van der Waals surface area contributed by atoms with Crippen molar-refractivity contribution in [1.82, 2.24) is 10.2 Å². The van der Waals surface area contributed by atoms with E-state index in [2.05, 4.69) is 5.32 Å². The number of benzene rings is 2. The zero-order chi connectivity index (χ0) is 25.5. The second-order valence-corrected chi connectivity index (χ2v) is 9.73. The molecule has 34 heavy (non-hydrogen) atoms. The summed E-state index contributed by atoms with van der Waals surface area (Å²) < 4.78 is 37.0. The van der Waals surface area contributed by atoms with Crippen LogP contribution in [0, 0.1) is 6.92 Å². The van der Waals surface area contributed by atoms with Crippen LogP contribution in [0.4, 0.5) is 5.69 Å². The topological polar surface area (TPSA) is 105 Å². The number of ether oxygens (including phenoxy) is 2. The van der Waals surface area contributed by atoms with E-state index in [-0.39, 0.29) is 23.9 Å². The maximum absolute atomic E-state index is 13.5. The lowest BCUT2D eigenvalue weighted by atomic mass is 10.1. The third-order valence-electron chi connectivity index (χ3n) is 5.46. The molecule has 0 saturated heterocycles. The molecule has 2 aromatic rings. The quantitative estimate of drug-likeness (QED) is 0.517. The number of carbonyl (C=O) groups excluding carboxylic acids is 2. The number of aryl methyl sites for hydroxylation is 1. The summed E-state index contributed by atoms with van der Waals surface area (Å²) >= 11 is 0. The Morgan fingerprint density at radius 3 is 2.32 bits per heavy atom. The molecular weight excluding hydrogens is 458 g/mol. The van der Waals surface area contributed by atoms with Gasteiger partial charge >= 0.3 is 0 Å². The molecule has 0 aliphatic rings. The van der Waals surface area contributed by atoms with Crippen molar-refractivity contribution in [1.29, 1.82) is 0 Å². The molecule has 0 radical (unpaired) electrons. The van der Waals surface area contributed by atoms with Crippen LogP contribution < -0.4 is 19.1 Å². The van der Waals surface area contributed by atoms with Crippen molar-refractivity contribution < 1.29 is 27.5 Å². The van der Waals surface area contributed by atoms with Gasteiger partial charge in [-0.15, -0.1) is 0 Å². The Morgan fingerprint density at radius 2 is 1.76 bits per heavy atom. The van der Waals surface area contributed by atoms with Crippen molar-refractivity contribution in [3.8, 4) is 11.5 Å². The Kier molecular flexibility index (Phi) is 9.31. The average molecular weight is 492 g/mol. The molecule has 9 nitrogen and oxygen atoms in total. The number of nitrogens with zero attached hydrogens (tertiary/aromatic N) is 2. The lowest BCUT2D eigenvalue weighted by molar-refractivity contribution is -0.139. The molecule has 10 heteroatoms. The monoisotopic (exact) mass is 491 g/mol. The van der Waals surface area contributed by atoms with Crippen LogP contribution in [0.3, 0.4) is 0 Å².